The van der Waals surface area contributed by atoms with E-state index in [2.05, 4.69) is 10.3 Å². The summed E-state index contributed by atoms with van der Waals surface area (Å²) in [7, 11) is 0. The number of hydrogen-bond acceptors (Lipinski definition) is 5. The lowest BCUT2D eigenvalue weighted by Crippen LogP contribution is -2.13. The Balaban J connectivity index is 1.67. The lowest BCUT2D eigenvalue weighted by atomic mass is 9.87. The summed E-state index contributed by atoms with van der Waals surface area (Å²) in [5.74, 6) is -0.126. The number of hydrogen-bond donors (Lipinski definition) is 0. The van der Waals surface area contributed by atoms with E-state index in [-0.39, 0.29) is 17.2 Å². The highest BCUT2D eigenvalue weighted by atomic mass is 19.4. The first-order valence-electron chi connectivity index (χ1n) is 8.96. The summed E-state index contributed by atoms with van der Waals surface area (Å²) in [6.45, 7) is 1.74. The number of nitrogens with zero attached hydrogens (tertiary/aromatic N) is 2. The number of rotatable bonds is 3. The molecule has 2 aliphatic rings. The molecule has 3 aromatic rings. The van der Waals surface area contributed by atoms with Gasteiger partial charge in [-0.25, -0.2) is 0 Å². The lowest BCUT2D eigenvalue weighted by Gasteiger charge is -2.15. The van der Waals surface area contributed by atoms with Crippen LogP contribution in [0.4, 0.5) is 13.2 Å². The highest BCUT2D eigenvalue weighted by Crippen LogP contribution is 2.54. The zero-order valence-corrected chi connectivity index (χ0v) is 14.9. The third kappa shape index (κ3) is 2.43. The summed E-state index contributed by atoms with van der Waals surface area (Å²) in [6.07, 6.45) is -1.57. The molecule has 1 saturated carbocycles. The largest absolute Gasteiger partial charge is 0.422 e. The maximum atomic E-state index is 13.9. The van der Waals surface area contributed by atoms with Crippen molar-refractivity contribution in [3.8, 4) is 22.7 Å². The summed E-state index contributed by atoms with van der Waals surface area (Å²) >= 11 is 0. The fraction of sp³-hybridized carbons (Fsp3) is 0.350. The van der Waals surface area contributed by atoms with Gasteiger partial charge in [0.1, 0.15) is 17.5 Å². The molecule has 28 heavy (non-hydrogen) atoms. The molecule has 0 amide bonds. The van der Waals surface area contributed by atoms with Crippen molar-refractivity contribution in [2.75, 3.05) is 0 Å². The zero-order valence-electron chi connectivity index (χ0n) is 14.9. The Hall–Kier alpha value is -2.90. The minimum absolute atomic E-state index is 0.00619. The Morgan fingerprint density at radius 2 is 1.86 bits per heavy atom. The SMILES string of the molecule is CC1(c2onc(-c3onc4c3CCc3cc(C=O)ccc3-4)c2C(F)(F)F)CC1. The van der Waals surface area contributed by atoms with E-state index in [1.807, 2.05) is 0 Å². The van der Waals surface area contributed by atoms with Gasteiger partial charge in [-0.2, -0.15) is 13.2 Å². The summed E-state index contributed by atoms with van der Waals surface area (Å²) in [5, 5.41) is 7.78. The molecule has 0 bridgehead atoms. The number of aldehydes is 1. The third-order valence-corrected chi connectivity index (χ3v) is 5.69. The second-order valence-corrected chi connectivity index (χ2v) is 7.67. The molecule has 5 rings (SSSR count). The molecule has 2 aromatic heterocycles. The average Bonchev–Trinajstić information content (AvgIpc) is 3.10. The molecule has 144 valence electrons. The van der Waals surface area contributed by atoms with Crippen LogP contribution < -0.4 is 0 Å². The van der Waals surface area contributed by atoms with Crippen molar-refractivity contribution in [3.05, 3.63) is 46.2 Å². The Kier molecular flexibility index (Phi) is 3.42. The first-order valence-corrected chi connectivity index (χ1v) is 8.96. The molecule has 0 aliphatic heterocycles. The monoisotopic (exact) mass is 388 g/mol. The van der Waals surface area contributed by atoms with Crippen molar-refractivity contribution in [2.45, 2.75) is 44.2 Å². The molecular weight excluding hydrogens is 373 g/mol. The van der Waals surface area contributed by atoms with E-state index in [1.54, 1.807) is 25.1 Å². The van der Waals surface area contributed by atoms with Crippen LogP contribution in [0.15, 0.2) is 27.2 Å². The lowest BCUT2D eigenvalue weighted by molar-refractivity contribution is -0.138. The van der Waals surface area contributed by atoms with Gasteiger partial charge >= 0.3 is 6.18 Å². The third-order valence-electron chi connectivity index (χ3n) is 5.69. The van der Waals surface area contributed by atoms with Gasteiger partial charge in [0, 0.05) is 22.1 Å². The Bertz CT molecular complexity index is 1110. The minimum Gasteiger partial charge on any atom is -0.359 e. The maximum absolute atomic E-state index is 13.9. The Morgan fingerprint density at radius 3 is 2.54 bits per heavy atom. The molecule has 0 spiro atoms. The van der Waals surface area contributed by atoms with Crippen LogP contribution in [-0.2, 0) is 24.4 Å². The number of aryl methyl sites for hydroxylation is 1. The molecule has 0 N–H and O–H groups in total. The van der Waals surface area contributed by atoms with Crippen LogP contribution in [0.5, 0.6) is 0 Å². The van der Waals surface area contributed by atoms with Crippen LogP contribution in [-0.4, -0.2) is 16.6 Å². The van der Waals surface area contributed by atoms with Crippen LogP contribution in [0.3, 0.4) is 0 Å². The molecular formula is C20H15F3N2O3. The van der Waals surface area contributed by atoms with E-state index in [0.29, 0.717) is 42.5 Å². The second kappa shape index (κ2) is 5.56. The van der Waals surface area contributed by atoms with E-state index in [0.717, 1.165) is 17.4 Å². The summed E-state index contributed by atoms with van der Waals surface area (Å²) in [5.41, 5.74) is 1.46. The van der Waals surface area contributed by atoms with Crippen molar-refractivity contribution < 1.29 is 27.0 Å². The first-order chi connectivity index (χ1) is 13.3. The molecule has 0 unspecified atom stereocenters. The van der Waals surface area contributed by atoms with Crippen molar-refractivity contribution >= 4 is 6.29 Å². The number of carbonyl (C=O) groups excluding carboxylic acids is 1. The number of alkyl halides is 3. The van der Waals surface area contributed by atoms with Gasteiger partial charge in [-0.3, -0.25) is 4.79 Å². The number of aromatic nitrogens is 2. The van der Waals surface area contributed by atoms with Crippen LogP contribution in [0.1, 0.15) is 52.6 Å². The minimum atomic E-state index is -4.61. The van der Waals surface area contributed by atoms with Gasteiger partial charge < -0.3 is 9.05 Å². The normalized spacial score (nSPS) is 17.1. The number of carbonyl (C=O) groups is 1. The van der Waals surface area contributed by atoms with Gasteiger partial charge in [0.2, 0.25) is 0 Å². The first kappa shape index (κ1) is 17.2. The summed E-state index contributed by atoms with van der Waals surface area (Å²) in [4.78, 5) is 11.0. The molecule has 0 atom stereocenters. The fourth-order valence-corrected chi connectivity index (χ4v) is 3.86. The van der Waals surface area contributed by atoms with E-state index >= 15 is 0 Å². The van der Waals surface area contributed by atoms with Crippen LogP contribution in [0, 0.1) is 0 Å². The smallest absolute Gasteiger partial charge is 0.359 e. The van der Waals surface area contributed by atoms with Crippen molar-refractivity contribution in [1.29, 1.82) is 0 Å². The standard InChI is InChI=1S/C20H15F3N2O3/c1-19(6-7-19)18-14(20(21,22)23)16(25-28-18)17-13-5-3-11-8-10(9-26)2-4-12(11)15(13)24-27-17/h2,4,8-9H,3,5-7H2,1H3. The molecule has 5 nitrogen and oxygen atoms in total. The topological polar surface area (TPSA) is 69.1 Å². The van der Waals surface area contributed by atoms with E-state index in [4.69, 9.17) is 9.05 Å². The molecule has 8 heteroatoms. The maximum Gasteiger partial charge on any atom is 0.422 e. The predicted molar refractivity (Wildman–Crippen MR) is 91.8 cm³/mol. The van der Waals surface area contributed by atoms with Gasteiger partial charge in [0.05, 0.1) is 0 Å². The Labute approximate surface area is 157 Å². The van der Waals surface area contributed by atoms with Crippen LogP contribution in [0.25, 0.3) is 22.7 Å². The van der Waals surface area contributed by atoms with Gasteiger partial charge in [-0.1, -0.05) is 29.4 Å². The summed E-state index contributed by atoms with van der Waals surface area (Å²) in [6, 6.07) is 5.16. The highest BCUT2D eigenvalue weighted by Gasteiger charge is 2.52. The van der Waals surface area contributed by atoms with Crippen LogP contribution >= 0.6 is 0 Å². The molecule has 0 saturated heterocycles. The summed E-state index contributed by atoms with van der Waals surface area (Å²) < 4.78 is 52.1. The molecule has 2 aliphatic carbocycles. The van der Waals surface area contributed by atoms with Gasteiger partial charge in [-0.05, 0) is 37.3 Å². The number of benzene rings is 1. The molecule has 0 radical (unpaired) electrons. The van der Waals surface area contributed by atoms with E-state index in [1.165, 1.54) is 0 Å². The molecule has 1 fully saturated rings. The van der Waals surface area contributed by atoms with Gasteiger partial charge in [0.25, 0.3) is 0 Å². The highest BCUT2D eigenvalue weighted by molar-refractivity contribution is 5.81. The number of fused-ring (bicyclic) bond motifs is 3. The molecule has 1 aromatic carbocycles. The fourth-order valence-electron chi connectivity index (χ4n) is 3.86. The molecule has 2 heterocycles. The van der Waals surface area contributed by atoms with Gasteiger partial charge in [0.15, 0.2) is 17.2 Å². The predicted octanol–water partition coefficient (Wildman–Crippen LogP) is 4.98. The van der Waals surface area contributed by atoms with Crippen molar-refractivity contribution in [3.63, 3.8) is 0 Å². The van der Waals surface area contributed by atoms with Crippen LogP contribution in [0.2, 0.25) is 0 Å². The van der Waals surface area contributed by atoms with Crippen molar-refractivity contribution in [2.24, 2.45) is 0 Å². The Morgan fingerprint density at radius 1 is 1.11 bits per heavy atom. The zero-order chi connectivity index (χ0) is 19.7. The van der Waals surface area contributed by atoms with E-state index < -0.39 is 17.2 Å². The van der Waals surface area contributed by atoms with Gasteiger partial charge in [-0.15, -0.1) is 0 Å². The second-order valence-electron chi connectivity index (χ2n) is 7.67. The average molecular weight is 388 g/mol. The number of halogens is 3. The van der Waals surface area contributed by atoms with E-state index in [9.17, 15) is 18.0 Å². The quantitative estimate of drug-likeness (QED) is 0.592. The van der Waals surface area contributed by atoms with Crippen molar-refractivity contribution in [1.82, 2.24) is 10.3 Å².